The van der Waals surface area contributed by atoms with Crippen LogP contribution in [0.3, 0.4) is 0 Å². The third kappa shape index (κ3) is 2.98. The van der Waals surface area contributed by atoms with Crippen molar-refractivity contribution in [2.45, 2.75) is 17.5 Å². The largest absolute Gasteiger partial charge is 0.302 e. The van der Waals surface area contributed by atoms with Crippen molar-refractivity contribution in [2.24, 2.45) is 0 Å². The molecule has 0 saturated heterocycles. The molecule has 1 aromatic rings. The lowest BCUT2D eigenvalue weighted by atomic mass is 10.1. The Morgan fingerprint density at radius 1 is 1.71 bits per heavy atom. The molecule has 0 bridgehead atoms. The zero-order valence-corrected chi connectivity index (χ0v) is 9.01. The molecule has 1 unspecified atom stereocenters. The molecule has 0 aliphatic rings. The highest BCUT2D eigenvalue weighted by molar-refractivity contribution is 7.99. The first-order valence-corrected chi connectivity index (χ1v) is 5.18. The molecule has 0 radical (unpaired) electrons. The molecule has 1 heterocycles. The minimum Gasteiger partial charge on any atom is -0.302 e. The minimum absolute atomic E-state index is 0.504. The number of nitriles is 1. The second-order valence-corrected chi connectivity index (χ2v) is 4.03. The Balaban J connectivity index is 2.53. The number of nitrogens with one attached hydrogen (secondary N) is 1. The molecule has 4 nitrogen and oxygen atoms in total. The fraction of sp³-hybridized carbons (Fsp3) is 0.444. The van der Waals surface area contributed by atoms with E-state index in [2.05, 4.69) is 21.4 Å². The Hall–Kier alpha value is -1.12. The van der Waals surface area contributed by atoms with E-state index in [1.807, 2.05) is 13.0 Å². The summed E-state index contributed by atoms with van der Waals surface area (Å²) in [5.74, 6) is 0.664. The fourth-order valence-corrected chi connectivity index (χ4v) is 1.67. The number of aromatic nitrogens is 2. The standard InChI is InChI=1S/C9H12N4S/c1-9(5-10,11-2)6-14-8-3-4-12-7-13-8/h3-4,7,11H,6H2,1-2H3. The molecular formula is C9H12N4S. The smallest absolute Gasteiger partial charge is 0.116 e. The number of thioether (sulfide) groups is 1. The van der Waals surface area contributed by atoms with Gasteiger partial charge in [0, 0.05) is 11.9 Å². The first-order chi connectivity index (χ1) is 6.70. The number of hydrogen-bond acceptors (Lipinski definition) is 5. The summed E-state index contributed by atoms with van der Waals surface area (Å²) in [6, 6.07) is 4.05. The Morgan fingerprint density at radius 3 is 3.00 bits per heavy atom. The van der Waals surface area contributed by atoms with Gasteiger partial charge < -0.3 is 5.32 Å². The SMILES string of the molecule is CNC(C)(C#N)CSc1ccncn1. The minimum atomic E-state index is -0.504. The molecule has 0 aliphatic carbocycles. The summed E-state index contributed by atoms with van der Waals surface area (Å²) in [6.45, 7) is 1.86. The third-order valence-electron chi connectivity index (χ3n) is 1.86. The van der Waals surface area contributed by atoms with Gasteiger partial charge in [0.15, 0.2) is 0 Å². The normalized spacial score (nSPS) is 14.4. The van der Waals surface area contributed by atoms with E-state index in [9.17, 15) is 0 Å². The lowest BCUT2D eigenvalue weighted by Crippen LogP contribution is -2.40. The Kier molecular flexibility index (Phi) is 3.86. The van der Waals surface area contributed by atoms with E-state index in [0.717, 1.165) is 5.03 Å². The molecule has 0 aliphatic heterocycles. The van der Waals surface area contributed by atoms with Crippen LogP contribution in [0.25, 0.3) is 0 Å². The van der Waals surface area contributed by atoms with Crippen LogP contribution in [0, 0.1) is 11.3 Å². The Bertz CT molecular complexity index is 321. The van der Waals surface area contributed by atoms with E-state index in [1.165, 1.54) is 6.33 Å². The van der Waals surface area contributed by atoms with Gasteiger partial charge in [-0.15, -0.1) is 11.8 Å². The predicted molar refractivity (Wildman–Crippen MR) is 55.8 cm³/mol. The molecule has 1 rings (SSSR count). The van der Waals surface area contributed by atoms with Crippen molar-refractivity contribution < 1.29 is 0 Å². The molecule has 14 heavy (non-hydrogen) atoms. The summed E-state index contributed by atoms with van der Waals surface area (Å²) in [4.78, 5) is 7.89. The maximum absolute atomic E-state index is 8.90. The summed E-state index contributed by atoms with van der Waals surface area (Å²) >= 11 is 1.54. The Morgan fingerprint density at radius 2 is 2.50 bits per heavy atom. The van der Waals surface area contributed by atoms with E-state index in [-0.39, 0.29) is 0 Å². The summed E-state index contributed by atoms with van der Waals surface area (Å²) in [5.41, 5.74) is -0.504. The lowest BCUT2D eigenvalue weighted by Gasteiger charge is -2.19. The van der Waals surface area contributed by atoms with E-state index in [0.29, 0.717) is 5.75 Å². The van der Waals surface area contributed by atoms with E-state index in [4.69, 9.17) is 5.26 Å². The summed E-state index contributed by atoms with van der Waals surface area (Å²) in [5, 5.41) is 12.8. The Labute approximate surface area is 87.8 Å². The van der Waals surface area contributed by atoms with Crippen LogP contribution in [0.2, 0.25) is 0 Å². The van der Waals surface area contributed by atoms with Crippen molar-refractivity contribution in [3.05, 3.63) is 18.6 Å². The lowest BCUT2D eigenvalue weighted by molar-refractivity contribution is 0.550. The van der Waals surface area contributed by atoms with Crippen molar-refractivity contribution in [1.82, 2.24) is 15.3 Å². The van der Waals surface area contributed by atoms with Crippen LogP contribution in [-0.4, -0.2) is 28.3 Å². The average Bonchev–Trinajstić information content (AvgIpc) is 2.27. The van der Waals surface area contributed by atoms with E-state index in [1.54, 1.807) is 25.0 Å². The van der Waals surface area contributed by atoms with Crippen molar-refractivity contribution in [3.63, 3.8) is 0 Å². The van der Waals surface area contributed by atoms with Gasteiger partial charge in [0.25, 0.3) is 0 Å². The van der Waals surface area contributed by atoms with Gasteiger partial charge in [-0.2, -0.15) is 5.26 Å². The molecule has 0 amide bonds. The van der Waals surface area contributed by atoms with Crippen LogP contribution in [0.15, 0.2) is 23.6 Å². The van der Waals surface area contributed by atoms with Gasteiger partial charge in [0.2, 0.25) is 0 Å². The highest BCUT2D eigenvalue weighted by atomic mass is 32.2. The van der Waals surface area contributed by atoms with Crippen LogP contribution in [0.4, 0.5) is 0 Å². The molecule has 0 spiro atoms. The first kappa shape index (κ1) is 11.0. The van der Waals surface area contributed by atoms with Gasteiger partial charge in [0.1, 0.15) is 11.9 Å². The third-order valence-corrected chi connectivity index (χ3v) is 3.12. The van der Waals surface area contributed by atoms with Crippen LogP contribution >= 0.6 is 11.8 Å². The summed E-state index contributed by atoms with van der Waals surface area (Å²) < 4.78 is 0. The highest BCUT2D eigenvalue weighted by Crippen LogP contribution is 2.19. The van der Waals surface area contributed by atoms with Crippen LogP contribution < -0.4 is 5.32 Å². The van der Waals surface area contributed by atoms with E-state index < -0.39 is 5.54 Å². The fourth-order valence-electron chi connectivity index (χ4n) is 0.743. The van der Waals surface area contributed by atoms with Gasteiger partial charge in [-0.1, -0.05) is 0 Å². The maximum Gasteiger partial charge on any atom is 0.116 e. The number of rotatable bonds is 4. The zero-order chi connectivity index (χ0) is 10.4. The predicted octanol–water partition coefficient (Wildman–Crippen LogP) is 1.07. The highest BCUT2D eigenvalue weighted by Gasteiger charge is 2.21. The van der Waals surface area contributed by atoms with Crippen LogP contribution in [-0.2, 0) is 0 Å². The van der Waals surface area contributed by atoms with Crippen LogP contribution in [0.5, 0.6) is 0 Å². The van der Waals surface area contributed by atoms with Crippen molar-refractivity contribution >= 4 is 11.8 Å². The van der Waals surface area contributed by atoms with Crippen LogP contribution in [0.1, 0.15) is 6.92 Å². The molecule has 74 valence electrons. The van der Waals surface area contributed by atoms with Crippen molar-refractivity contribution in [3.8, 4) is 6.07 Å². The quantitative estimate of drug-likeness (QED) is 0.592. The van der Waals surface area contributed by atoms with Crippen molar-refractivity contribution in [2.75, 3.05) is 12.8 Å². The van der Waals surface area contributed by atoms with Crippen molar-refractivity contribution in [1.29, 1.82) is 5.26 Å². The zero-order valence-electron chi connectivity index (χ0n) is 8.19. The molecule has 1 atom stereocenters. The van der Waals surface area contributed by atoms with E-state index >= 15 is 0 Å². The summed E-state index contributed by atoms with van der Waals surface area (Å²) in [7, 11) is 1.78. The molecular weight excluding hydrogens is 196 g/mol. The van der Waals surface area contributed by atoms with Gasteiger partial charge in [-0.3, -0.25) is 0 Å². The van der Waals surface area contributed by atoms with Gasteiger partial charge in [-0.05, 0) is 20.0 Å². The van der Waals surface area contributed by atoms with Gasteiger partial charge >= 0.3 is 0 Å². The average molecular weight is 208 g/mol. The van der Waals surface area contributed by atoms with Gasteiger partial charge in [0.05, 0.1) is 11.1 Å². The monoisotopic (exact) mass is 208 g/mol. The molecule has 5 heteroatoms. The maximum atomic E-state index is 8.90. The summed E-state index contributed by atoms with van der Waals surface area (Å²) in [6.07, 6.45) is 3.20. The molecule has 0 aromatic carbocycles. The van der Waals surface area contributed by atoms with Gasteiger partial charge in [-0.25, -0.2) is 9.97 Å². The second-order valence-electron chi connectivity index (χ2n) is 3.03. The second kappa shape index (κ2) is 4.94. The number of hydrogen-bond donors (Lipinski definition) is 1. The molecule has 0 fully saturated rings. The topological polar surface area (TPSA) is 61.6 Å². The molecule has 0 saturated carbocycles. The molecule has 1 N–H and O–H groups in total. The molecule has 1 aromatic heterocycles. The first-order valence-electron chi connectivity index (χ1n) is 4.19. The number of nitrogens with zero attached hydrogens (tertiary/aromatic N) is 3.